The maximum Gasteiger partial charge on any atom is 0.315 e. The Morgan fingerprint density at radius 2 is 2.33 bits per heavy atom. The summed E-state index contributed by atoms with van der Waals surface area (Å²) < 4.78 is 5.15. The lowest BCUT2D eigenvalue weighted by Crippen LogP contribution is -2.43. The number of aromatic nitrogens is 1. The molecule has 1 aliphatic carbocycles. The van der Waals surface area contributed by atoms with Gasteiger partial charge >= 0.3 is 5.97 Å². The predicted molar refractivity (Wildman–Crippen MR) is 54.0 cm³/mol. The van der Waals surface area contributed by atoms with Crippen LogP contribution in [-0.4, -0.2) is 23.2 Å². The summed E-state index contributed by atoms with van der Waals surface area (Å²) in [4.78, 5) is 15.4. The Labute approximate surface area is 87.9 Å². The number of aliphatic carboxylic acids is 1. The summed E-state index contributed by atoms with van der Waals surface area (Å²) in [5.74, 6) is -0.231. The summed E-state index contributed by atoms with van der Waals surface area (Å²) >= 11 is 0. The van der Waals surface area contributed by atoms with E-state index in [2.05, 4.69) is 4.98 Å². The van der Waals surface area contributed by atoms with Crippen LogP contribution in [0.3, 0.4) is 0 Å². The Kier molecular flexibility index (Phi) is 2.34. The van der Waals surface area contributed by atoms with Crippen LogP contribution in [0, 0.1) is 0 Å². The summed E-state index contributed by atoms with van der Waals surface area (Å²) in [7, 11) is 1.54. The van der Waals surface area contributed by atoms with Crippen molar-refractivity contribution in [2.45, 2.75) is 24.7 Å². The van der Waals surface area contributed by atoms with Crippen molar-refractivity contribution >= 4 is 5.97 Å². The molecule has 1 aromatic rings. The molecule has 2 rings (SSSR count). The number of hydrogen-bond acceptors (Lipinski definition) is 3. The van der Waals surface area contributed by atoms with E-state index >= 15 is 0 Å². The first-order valence-corrected chi connectivity index (χ1v) is 4.93. The van der Waals surface area contributed by atoms with Gasteiger partial charge in [-0.3, -0.25) is 9.78 Å². The predicted octanol–water partition coefficient (Wildman–Crippen LogP) is 1.60. The van der Waals surface area contributed by atoms with Crippen LogP contribution < -0.4 is 4.74 Å². The zero-order chi connectivity index (χ0) is 10.9. The number of pyridine rings is 1. The van der Waals surface area contributed by atoms with Crippen LogP contribution in [0.4, 0.5) is 0 Å². The monoisotopic (exact) mass is 207 g/mol. The molecule has 0 spiro atoms. The van der Waals surface area contributed by atoms with Crippen LogP contribution in [0.2, 0.25) is 0 Å². The molecule has 1 heterocycles. The number of methoxy groups -OCH3 is 1. The number of rotatable bonds is 3. The third-order valence-corrected chi connectivity index (χ3v) is 3.06. The van der Waals surface area contributed by atoms with E-state index in [0.717, 1.165) is 6.42 Å². The van der Waals surface area contributed by atoms with Crippen molar-refractivity contribution in [3.05, 3.63) is 24.0 Å². The van der Waals surface area contributed by atoms with Crippen molar-refractivity contribution in [2.75, 3.05) is 7.11 Å². The van der Waals surface area contributed by atoms with Gasteiger partial charge < -0.3 is 9.84 Å². The molecule has 0 aromatic carbocycles. The van der Waals surface area contributed by atoms with Gasteiger partial charge in [0.2, 0.25) is 0 Å². The Balaban J connectivity index is 2.47. The second kappa shape index (κ2) is 3.53. The van der Waals surface area contributed by atoms with E-state index in [0.29, 0.717) is 24.3 Å². The molecule has 1 N–H and O–H groups in total. The third kappa shape index (κ3) is 1.37. The summed E-state index contributed by atoms with van der Waals surface area (Å²) in [5.41, 5.74) is -0.252. The molecule has 80 valence electrons. The van der Waals surface area contributed by atoms with Gasteiger partial charge in [-0.15, -0.1) is 0 Å². The maximum absolute atomic E-state index is 11.3. The molecular weight excluding hydrogens is 194 g/mol. The van der Waals surface area contributed by atoms with Crippen LogP contribution in [0.25, 0.3) is 0 Å². The Hall–Kier alpha value is -1.58. The Bertz CT molecular complexity index is 385. The number of ether oxygens (including phenoxy) is 1. The average Bonchev–Trinajstić information content (AvgIpc) is 2.16. The number of carbonyl (C=O) groups is 1. The zero-order valence-electron chi connectivity index (χ0n) is 8.56. The van der Waals surface area contributed by atoms with E-state index in [1.165, 1.54) is 7.11 Å². The molecule has 15 heavy (non-hydrogen) atoms. The van der Waals surface area contributed by atoms with E-state index < -0.39 is 11.4 Å². The first-order chi connectivity index (χ1) is 7.20. The fourth-order valence-corrected chi connectivity index (χ4v) is 2.00. The molecule has 1 saturated carbocycles. The number of nitrogens with zero attached hydrogens (tertiary/aromatic N) is 1. The van der Waals surface area contributed by atoms with E-state index in [4.69, 9.17) is 4.74 Å². The highest BCUT2D eigenvalue weighted by Gasteiger charge is 2.48. The standard InChI is InChI=1S/C11H13NO3/c1-15-8-4-2-7-12-9(8)11(10(13)14)5-3-6-11/h2,4,7H,3,5-6H2,1H3,(H,13,14). The highest BCUT2D eigenvalue weighted by Crippen LogP contribution is 2.46. The second-order valence-electron chi connectivity index (χ2n) is 3.80. The van der Waals surface area contributed by atoms with Gasteiger partial charge in [-0.25, -0.2) is 0 Å². The van der Waals surface area contributed by atoms with Crippen LogP contribution in [0.1, 0.15) is 25.0 Å². The lowest BCUT2D eigenvalue weighted by Gasteiger charge is -2.37. The Morgan fingerprint density at radius 1 is 1.60 bits per heavy atom. The second-order valence-corrected chi connectivity index (χ2v) is 3.80. The van der Waals surface area contributed by atoms with Crippen LogP contribution in [0.15, 0.2) is 18.3 Å². The van der Waals surface area contributed by atoms with Crippen molar-refractivity contribution < 1.29 is 14.6 Å². The van der Waals surface area contributed by atoms with E-state index in [9.17, 15) is 9.90 Å². The number of carboxylic acid groups (broad SMARTS) is 1. The highest BCUT2D eigenvalue weighted by atomic mass is 16.5. The summed E-state index contributed by atoms with van der Waals surface area (Å²) in [6.07, 6.45) is 3.85. The molecule has 1 fully saturated rings. The number of carboxylic acids is 1. The zero-order valence-corrected chi connectivity index (χ0v) is 8.56. The summed E-state index contributed by atoms with van der Waals surface area (Å²) in [5, 5.41) is 9.26. The van der Waals surface area contributed by atoms with Gasteiger partial charge in [-0.05, 0) is 25.0 Å². The molecule has 0 bridgehead atoms. The molecule has 0 amide bonds. The fourth-order valence-electron chi connectivity index (χ4n) is 2.00. The molecule has 1 aromatic heterocycles. The molecular formula is C11H13NO3. The van der Waals surface area contributed by atoms with Crippen molar-refractivity contribution in [1.82, 2.24) is 4.98 Å². The molecule has 4 heteroatoms. The molecule has 0 unspecified atom stereocenters. The van der Waals surface area contributed by atoms with Crippen LogP contribution in [0.5, 0.6) is 5.75 Å². The maximum atomic E-state index is 11.3. The lowest BCUT2D eigenvalue weighted by atomic mass is 9.66. The van der Waals surface area contributed by atoms with Crippen molar-refractivity contribution in [3.63, 3.8) is 0 Å². The van der Waals surface area contributed by atoms with Gasteiger partial charge in [0.15, 0.2) is 0 Å². The van der Waals surface area contributed by atoms with Crippen LogP contribution >= 0.6 is 0 Å². The third-order valence-electron chi connectivity index (χ3n) is 3.06. The SMILES string of the molecule is COc1cccnc1C1(C(=O)O)CCC1. The minimum atomic E-state index is -0.813. The minimum Gasteiger partial charge on any atom is -0.495 e. The average molecular weight is 207 g/mol. The lowest BCUT2D eigenvalue weighted by molar-refractivity contribution is -0.147. The normalized spacial score (nSPS) is 17.9. The fraction of sp³-hybridized carbons (Fsp3) is 0.455. The smallest absolute Gasteiger partial charge is 0.315 e. The quantitative estimate of drug-likeness (QED) is 0.817. The molecule has 0 atom stereocenters. The largest absolute Gasteiger partial charge is 0.495 e. The molecule has 1 aliphatic rings. The van der Waals surface area contributed by atoms with Gasteiger partial charge in [-0.2, -0.15) is 0 Å². The van der Waals surface area contributed by atoms with Gasteiger partial charge in [0.25, 0.3) is 0 Å². The van der Waals surface area contributed by atoms with Gasteiger partial charge in [0, 0.05) is 6.20 Å². The van der Waals surface area contributed by atoms with E-state index in [1.807, 2.05) is 0 Å². The van der Waals surface area contributed by atoms with Crippen LogP contribution in [-0.2, 0) is 10.2 Å². The molecule has 0 aliphatic heterocycles. The van der Waals surface area contributed by atoms with Gasteiger partial charge in [0.1, 0.15) is 11.2 Å². The van der Waals surface area contributed by atoms with Crippen molar-refractivity contribution in [2.24, 2.45) is 0 Å². The minimum absolute atomic E-state index is 0.561. The van der Waals surface area contributed by atoms with Gasteiger partial charge in [0.05, 0.1) is 12.8 Å². The topological polar surface area (TPSA) is 59.4 Å². The molecule has 4 nitrogen and oxygen atoms in total. The summed E-state index contributed by atoms with van der Waals surface area (Å²) in [6, 6.07) is 3.50. The molecule has 0 saturated heterocycles. The van der Waals surface area contributed by atoms with E-state index in [1.54, 1.807) is 18.3 Å². The molecule has 0 radical (unpaired) electrons. The first kappa shape index (κ1) is 9.96. The summed E-state index contributed by atoms with van der Waals surface area (Å²) in [6.45, 7) is 0. The highest BCUT2D eigenvalue weighted by molar-refractivity contribution is 5.82. The van der Waals surface area contributed by atoms with Crippen molar-refractivity contribution in [1.29, 1.82) is 0 Å². The van der Waals surface area contributed by atoms with Crippen molar-refractivity contribution in [3.8, 4) is 5.75 Å². The number of hydrogen-bond donors (Lipinski definition) is 1. The van der Waals surface area contributed by atoms with E-state index in [-0.39, 0.29) is 0 Å². The van der Waals surface area contributed by atoms with Gasteiger partial charge in [-0.1, -0.05) is 6.42 Å². The Morgan fingerprint density at radius 3 is 2.80 bits per heavy atom. The first-order valence-electron chi connectivity index (χ1n) is 4.93.